The van der Waals surface area contributed by atoms with Gasteiger partial charge in [0.2, 0.25) is 5.91 Å². The molecule has 1 rings (SSSR count). The van der Waals surface area contributed by atoms with Crippen molar-refractivity contribution < 1.29 is 9.21 Å². The van der Waals surface area contributed by atoms with E-state index in [0.29, 0.717) is 13.0 Å². The number of aryl methyl sites for hydroxylation is 1. The molecular weight excluding hydrogens is 180 g/mol. The largest absolute Gasteiger partial charge is 0.446 e. The Morgan fingerprint density at radius 3 is 3.00 bits per heavy atom. The molecular formula is C10H16N2O2. The first kappa shape index (κ1) is 10.8. The molecule has 0 atom stereocenters. The molecule has 0 spiro atoms. The van der Waals surface area contributed by atoms with Gasteiger partial charge in [0, 0.05) is 6.42 Å². The predicted octanol–water partition coefficient (Wildman–Crippen LogP) is 1.79. The molecule has 1 amide bonds. The van der Waals surface area contributed by atoms with Crippen molar-refractivity contribution in [3.63, 3.8) is 0 Å². The van der Waals surface area contributed by atoms with Crippen LogP contribution in [0, 0.1) is 6.92 Å². The molecule has 4 nitrogen and oxygen atoms in total. The smallest absolute Gasteiger partial charge is 0.220 e. The zero-order valence-electron chi connectivity index (χ0n) is 8.67. The third-order valence-electron chi connectivity index (χ3n) is 2.05. The molecule has 1 aromatic rings. The third-order valence-corrected chi connectivity index (χ3v) is 2.05. The first-order valence-corrected chi connectivity index (χ1v) is 4.89. The molecule has 1 heterocycles. The maximum Gasteiger partial charge on any atom is 0.220 e. The van der Waals surface area contributed by atoms with E-state index >= 15 is 0 Å². The number of nitrogens with one attached hydrogen (secondary N) is 1. The van der Waals surface area contributed by atoms with Crippen LogP contribution in [0.2, 0.25) is 0 Å². The normalized spacial score (nSPS) is 10.1. The zero-order valence-corrected chi connectivity index (χ0v) is 8.67. The maximum atomic E-state index is 11.2. The van der Waals surface area contributed by atoms with Crippen molar-refractivity contribution in [2.24, 2.45) is 0 Å². The van der Waals surface area contributed by atoms with E-state index in [1.54, 1.807) is 0 Å². The minimum Gasteiger partial charge on any atom is -0.446 e. The molecule has 4 heteroatoms. The molecule has 0 saturated carbocycles. The summed E-state index contributed by atoms with van der Waals surface area (Å²) in [4.78, 5) is 15.2. The van der Waals surface area contributed by atoms with E-state index in [0.717, 1.165) is 24.3 Å². The number of hydrogen-bond acceptors (Lipinski definition) is 3. The Hall–Kier alpha value is -1.32. The van der Waals surface area contributed by atoms with Gasteiger partial charge in [0.25, 0.3) is 0 Å². The van der Waals surface area contributed by atoms with Crippen LogP contribution in [-0.2, 0) is 11.3 Å². The number of aromatic nitrogens is 1. The number of rotatable bonds is 5. The summed E-state index contributed by atoms with van der Waals surface area (Å²) in [6, 6.07) is 0. The molecule has 0 radical (unpaired) electrons. The molecule has 0 aliphatic carbocycles. The van der Waals surface area contributed by atoms with Crippen LogP contribution in [-0.4, -0.2) is 10.9 Å². The summed E-state index contributed by atoms with van der Waals surface area (Å²) in [6.45, 7) is 4.36. The number of oxazole rings is 1. The topological polar surface area (TPSA) is 55.1 Å². The van der Waals surface area contributed by atoms with Crippen LogP contribution in [0.15, 0.2) is 10.8 Å². The van der Waals surface area contributed by atoms with Gasteiger partial charge in [-0.15, -0.1) is 0 Å². The molecule has 0 aliphatic rings. The van der Waals surface area contributed by atoms with Crippen LogP contribution >= 0.6 is 0 Å². The summed E-state index contributed by atoms with van der Waals surface area (Å²) in [6.07, 6.45) is 3.95. The number of amides is 1. The fourth-order valence-corrected chi connectivity index (χ4v) is 1.10. The highest BCUT2D eigenvalue weighted by atomic mass is 16.3. The highest BCUT2D eigenvalue weighted by Gasteiger charge is 2.05. The molecule has 0 bridgehead atoms. The lowest BCUT2D eigenvalue weighted by atomic mass is 10.2. The van der Waals surface area contributed by atoms with Crippen molar-refractivity contribution in [2.75, 3.05) is 0 Å². The molecule has 0 unspecified atom stereocenters. The summed E-state index contributed by atoms with van der Waals surface area (Å²) in [5.41, 5.74) is 0.834. The van der Waals surface area contributed by atoms with Crippen LogP contribution < -0.4 is 5.32 Å². The number of unbranched alkanes of at least 4 members (excludes halogenated alkanes) is 1. The second-order valence-electron chi connectivity index (χ2n) is 3.24. The van der Waals surface area contributed by atoms with Crippen molar-refractivity contribution in [3.05, 3.63) is 17.8 Å². The van der Waals surface area contributed by atoms with Gasteiger partial charge in [-0.1, -0.05) is 13.3 Å². The van der Waals surface area contributed by atoms with Gasteiger partial charge in [-0.3, -0.25) is 4.79 Å². The van der Waals surface area contributed by atoms with Crippen LogP contribution in [0.5, 0.6) is 0 Å². The van der Waals surface area contributed by atoms with Crippen LogP contribution in [0.25, 0.3) is 0 Å². The predicted molar refractivity (Wildman–Crippen MR) is 52.6 cm³/mol. The number of hydrogen-bond donors (Lipinski definition) is 1. The molecule has 78 valence electrons. The minimum atomic E-state index is 0.0719. The van der Waals surface area contributed by atoms with Crippen LogP contribution in [0.3, 0.4) is 0 Å². The Labute approximate surface area is 83.7 Å². The van der Waals surface area contributed by atoms with E-state index in [1.165, 1.54) is 6.39 Å². The lowest BCUT2D eigenvalue weighted by Crippen LogP contribution is -2.22. The zero-order chi connectivity index (χ0) is 10.4. The first-order chi connectivity index (χ1) is 6.74. The molecule has 1 aromatic heterocycles. The highest BCUT2D eigenvalue weighted by Crippen LogP contribution is 2.04. The highest BCUT2D eigenvalue weighted by molar-refractivity contribution is 5.75. The van der Waals surface area contributed by atoms with Crippen molar-refractivity contribution in [1.29, 1.82) is 0 Å². The van der Waals surface area contributed by atoms with Gasteiger partial charge in [-0.25, -0.2) is 4.98 Å². The average molecular weight is 196 g/mol. The van der Waals surface area contributed by atoms with E-state index in [1.807, 2.05) is 6.92 Å². The second kappa shape index (κ2) is 5.42. The molecule has 0 saturated heterocycles. The fraction of sp³-hybridized carbons (Fsp3) is 0.600. The van der Waals surface area contributed by atoms with Crippen molar-refractivity contribution >= 4 is 5.91 Å². The van der Waals surface area contributed by atoms with Crippen molar-refractivity contribution in [2.45, 2.75) is 39.7 Å². The van der Waals surface area contributed by atoms with E-state index in [9.17, 15) is 4.79 Å². The van der Waals surface area contributed by atoms with Gasteiger partial charge in [0.15, 0.2) is 6.39 Å². The molecule has 14 heavy (non-hydrogen) atoms. The molecule has 0 fully saturated rings. The van der Waals surface area contributed by atoms with E-state index in [-0.39, 0.29) is 5.91 Å². The van der Waals surface area contributed by atoms with Crippen molar-refractivity contribution in [1.82, 2.24) is 10.3 Å². The van der Waals surface area contributed by atoms with Gasteiger partial charge in [0.1, 0.15) is 5.76 Å². The number of nitrogens with zero attached hydrogens (tertiary/aromatic N) is 1. The minimum absolute atomic E-state index is 0.0719. The lowest BCUT2D eigenvalue weighted by molar-refractivity contribution is -0.121. The summed E-state index contributed by atoms with van der Waals surface area (Å²) in [7, 11) is 0. The van der Waals surface area contributed by atoms with Gasteiger partial charge in [-0.2, -0.15) is 0 Å². The monoisotopic (exact) mass is 196 g/mol. The lowest BCUT2D eigenvalue weighted by Gasteiger charge is -2.02. The Balaban J connectivity index is 2.27. The second-order valence-corrected chi connectivity index (χ2v) is 3.24. The van der Waals surface area contributed by atoms with E-state index < -0.39 is 0 Å². The number of carbonyl (C=O) groups excluding carboxylic acids is 1. The Bertz CT molecular complexity index is 294. The fourth-order valence-electron chi connectivity index (χ4n) is 1.10. The summed E-state index contributed by atoms with van der Waals surface area (Å²) < 4.78 is 5.09. The summed E-state index contributed by atoms with van der Waals surface area (Å²) in [5, 5.41) is 2.79. The van der Waals surface area contributed by atoms with Crippen molar-refractivity contribution in [3.8, 4) is 0 Å². The van der Waals surface area contributed by atoms with E-state index in [4.69, 9.17) is 4.42 Å². The Morgan fingerprint density at radius 1 is 1.64 bits per heavy atom. The van der Waals surface area contributed by atoms with Crippen LogP contribution in [0.4, 0.5) is 0 Å². The first-order valence-electron chi connectivity index (χ1n) is 4.89. The summed E-state index contributed by atoms with van der Waals surface area (Å²) >= 11 is 0. The molecule has 0 aromatic carbocycles. The summed E-state index contributed by atoms with van der Waals surface area (Å²) in [5.74, 6) is 0.803. The maximum absolute atomic E-state index is 11.2. The quantitative estimate of drug-likeness (QED) is 0.781. The SMILES string of the molecule is CCCCC(=O)NCc1ocnc1C. The average Bonchev–Trinajstić information content (AvgIpc) is 2.58. The molecule has 0 aliphatic heterocycles. The third kappa shape index (κ3) is 3.20. The van der Waals surface area contributed by atoms with Gasteiger partial charge < -0.3 is 9.73 Å². The Kier molecular flexibility index (Phi) is 4.16. The van der Waals surface area contributed by atoms with E-state index in [2.05, 4.69) is 17.2 Å². The van der Waals surface area contributed by atoms with Gasteiger partial charge in [0.05, 0.1) is 12.2 Å². The number of carbonyl (C=O) groups is 1. The van der Waals surface area contributed by atoms with Crippen LogP contribution in [0.1, 0.15) is 37.6 Å². The van der Waals surface area contributed by atoms with Gasteiger partial charge >= 0.3 is 0 Å². The standard InChI is InChI=1S/C10H16N2O2/c1-3-4-5-10(13)11-6-9-8(2)12-7-14-9/h7H,3-6H2,1-2H3,(H,11,13). The Morgan fingerprint density at radius 2 is 2.43 bits per heavy atom. The molecule has 1 N–H and O–H groups in total. The van der Waals surface area contributed by atoms with Gasteiger partial charge in [-0.05, 0) is 13.3 Å².